The van der Waals surface area contributed by atoms with E-state index in [1.54, 1.807) is 6.92 Å². The first kappa shape index (κ1) is 13.7. The summed E-state index contributed by atoms with van der Waals surface area (Å²) in [6.45, 7) is 1.61. The molecular weight excluding hydrogens is 244 g/mol. The Bertz CT molecular complexity index is 467. The minimum Gasteiger partial charge on any atom is -0.481 e. The Hall–Kier alpha value is -2.38. The molecule has 8 heteroatoms. The zero-order valence-electron chi connectivity index (χ0n) is 9.54. The molecule has 0 fully saturated rings. The zero-order valence-corrected chi connectivity index (χ0v) is 9.54. The number of carbonyl (C=O) groups excluding carboxylic acids is 1. The molecule has 1 aromatic rings. The van der Waals surface area contributed by atoms with Crippen molar-refractivity contribution in [3.05, 3.63) is 17.5 Å². The maximum absolute atomic E-state index is 11.6. The van der Waals surface area contributed by atoms with Crippen LogP contribution in [-0.2, 0) is 9.59 Å². The van der Waals surface area contributed by atoms with Crippen molar-refractivity contribution in [3.63, 3.8) is 0 Å². The van der Waals surface area contributed by atoms with E-state index in [1.165, 1.54) is 6.07 Å². The standard InChI is InChI=1S/C10H12N2O6/c1-5-4-7(18-12-5)9(15)11-6(10(16)17)2-3-8(13)14/h4,6H,2-3H2,1H3,(H,11,15)(H,13,14)(H,16,17)/t6-/m0/s1. The quantitative estimate of drug-likeness (QED) is 0.654. The summed E-state index contributed by atoms with van der Waals surface area (Å²) in [5.41, 5.74) is 0.484. The van der Waals surface area contributed by atoms with Crippen LogP contribution in [-0.4, -0.2) is 39.3 Å². The van der Waals surface area contributed by atoms with E-state index in [0.717, 1.165) is 0 Å². The Labute approximate surface area is 102 Å². The lowest BCUT2D eigenvalue weighted by Gasteiger charge is -2.11. The van der Waals surface area contributed by atoms with Crippen LogP contribution in [0.15, 0.2) is 10.6 Å². The predicted molar refractivity (Wildman–Crippen MR) is 57.0 cm³/mol. The van der Waals surface area contributed by atoms with E-state index in [9.17, 15) is 14.4 Å². The highest BCUT2D eigenvalue weighted by Crippen LogP contribution is 2.04. The first-order valence-corrected chi connectivity index (χ1v) is 5.09. The van der Waals surface area contributed by atoms with Crippen LogP contribution < -0.4 is 5.32 Å². The first-order chi connectivity index (χ1) is 8.40. The summed E-state index contributed by atoms with van der Waals surface area (Å²) < 4.78 is 4.66. The number of rotatable bonds is 6. The molecule has 18 heavy (non-hydrogen) atoms. The van der Waals surface area contributed by atoms with Gasteiger partial charge in [-0.3, -0.25) is 9.59 Å². The lowest BCUT2D eigenvalue weighted by Crippen LogP contribution is -2.41. The number of aryl methyl sites for hydroxylation is 1. The van der Waals surface area contributed by atoms with Crippen molar-refractivity contribution in [1.82, 2.24) is 10.5 Å². The Balaban J connectivity index is 2.63. The average molecular weight is 256 g/mol. The molecule has 0 unspecified atom stereocenters. The molecule has 0 aliphatic rings. The third kappa shape index (κ3) is 3.89. The number of nitrogens with one attached hydrogen (secondary N) is 1. The molecule has 1 rings (SSSR count). The summed E-state index contributed by atoms with van der Waals surface area (Å²) >= 11 is 0. The lowest BCUT2D eigenvalue weighted by molar-refractivity contribution is -0.140. The van der Waals surface area contributed by atoms with E-state index in [-0.39, 0.29) is 18.6 Å². The second-order valence-electron chi connectivity index (χ2n) is 3.63. The van der Waals surface area contributed by atoms with Crippen LogP contribution in [0.2, 0.25) is 0 Å². The Morgan fingerprint density at radius 1 is 1.44 bits per heavy atom. The van der Waals surface area contributed by atoms with Crippen molar-refractivity contribution in [3.8, 4) is 0 Å². The second-order valence-corrected chi connectivity index (χ2v) is 3.63. The summed E-state index contributed by atoms with van der Waals surface area (Å²) in [5, 5.41) is 23.0. The molecule has 0 aliphatic heterocycles. The van der Waals surface area contributed by atoms with E-state index < -0.39 is 23.9 Å². The molecule has 0 aliphatic carbocycles. The smallest absolute Gasteiger partial charge is 0.326 e. The highest BCUT2D eigenvalue weighted by atomic mass is 16.5. The lowest BCUT2D eigenvalue weighted by atomic mass is 10.1. The topological polar surface area (TPSA) is 130 Å². The zero-order chi connectivity index (χ0) is 13.7. The van der Waals surface area contributed by atoms with Gasteiger partial charge >= 0.3 is 11.9 Å². The van der Waals surface area contributed by atoms with Gasteiger partial charge in [0.15, 0.2) is 0 Å². The fourth-order valence-corrected chi connectivity index (χ4v) is 1.23. The van der Waals surface area contributed by atoms with E-state index in [4.69, 9.17) is 10.2 Å². The third-order valence-electron chi connectivity index (χ3n) is 2.10. The molecule has 0 radical (unpaired) electrons. The van der Waals surface area contributed by atoms with Crippen molar-refractivity contribution in [2.24, 2.45) is 0 Å². The number of amides is 1. The van der Waals surface area contributed by atoms with Crippen LogP contribution in [0.25, 0.3) is 0 Å². The van der Waals surface area contributed by atoms with E-state index in [2.05, 4.69) is 15.0 Å². The normalized spacial score (nSPS) is 11.8. The molecule has 0 aromatic carbocycles. The molecule has 0 saturated carbocycles. The third-order valence-corrected chi connectivity index (χ3v) is 2.10. The molecule has 98 valence electrons. The van der Waals surface area contributed by atoms with E-state index >= 15 is 0 Å². The molecule has 0 spiro atoms. The number of aromatic nitrogens is 1. The summed E-state index contributed by atoms with van der Waals surface area (Å²) in [6, 6.07) is 0.0739. The van der Waals surface area contributed by atoms with Gasteiger partial charge in [0.1, 0.15) is 6.04 Å². The SMILES string of the molecule is Cc1cc(C(=O)N[C@@H](CCC(=O)O)C(=O)O)on1. The van der Waals surface area contributed by atoms with Gasteiger partial charge in [-0.2, -0.15) is 0 Å². The highest BCUT2D eigenvalue weighted by molar-refractivity contribution is 5.94. The van der Waals surface area contributed by atoms with Crippen LogP contribution in [0.3, 0.4) is 0 Å². The molecular formula is C10H12N2O6. The number of aliphatic carboxylic acids is 2. The minimum atomic E-state index is -1.30. The molecule has 1 heterocycles. The van der Waals surface area contributed by atoms with E-state index in [1.807, 2.05) is 0 Å². The first-order valence-electron chi connectivity index (χ1n) is 5.09. The largest absolute Gasteiger partial charge is 0.481 e. The van der Waals surface area contributed by atoms with Crippen molar-refractivity contribution in [2.75, 3.05) is 0 Å². The van der Waals surface area contributed by atoms with Crippen LogP contribution in [0.4, 0.5) is 0 Å². The average Bonchev–Trinajstić information content (AvgIpc) is 2.70. The summed E-state index contributed by atoms with van der Waals surface area (Å²) in [7, 11) is 0. The van der Waals surface area contributed by atoms with Crippen LogP contribution in [0.1, 0.15) is 29.1 Å². The van der Waals surface area contributed by atoms with Gasteiger partial charge in [-0.05, 0) is 13.3 Å². The van der Waals surface area contributed by atoms with Crippen molar-refractivity contribution in [2.45, 2.75) is 25.8 Å². The molecule has 0 saturated heterocycles. The number of hydrogen-bond donors (Lipinski definition) is 3. The van der Waals surface area contributed by atoms with Gasteiger partial charge in [-0.15, -0.1) is 0 Å². The van der Waals surface area contributed by atoms with Crippen LogP contribution in [0.5, 0.6) is 0 Å². The van der Waals surface area contributed by atoms with Gasteiger partial charge in [-0.1, -0.05) is 5.16 Å². The molecule has 1 aromatic heterocycles. The number of nitrogens with zero attached hydrogens (tertiary/aromatic N) is 1. The Morgan fingerprint density at radius 3 is 2.56 bits per heavy atom. The highest BCUT2D eigenvalue weighted by Gasteiger charge is 2.23. The van der Waals surface area contributed by atoms with Crippen molar-refractivity contribution in [1.29, 1.82) is 0 Å². The van der Waals surface area contributed by atoms with Crippen LogP contribution in [0, 0.1) is 6.92 Å². The number of hydrogen-bond acceptors (Lipinski definition) is 5. The van der Waals surface area contributed by atoms with Crippen LogP contribution >= 0.6 is 0 Å². The van der Waals surface area contributed by atoms with Gasteiger partial charge < -0.3 is 20.1 Å². The summed E-state index contributed by atoms with van der Waals surface area (Å²) in [6.07, 6.45) is -0.559. The van der Waals surface area contributed by atoms with Gasteiger partial charge in [0.25, 0.3) is 5.91 Å². The Morgan fingerprint density at radius 2 is 2.11 bits per heavy atom. The number of carboxylic acid groups (broad SMARTS) is 2. The maximum Gasteiger partial charge on any atom is 0.326 e. The minimum absolute atomic E-state index is 0.117. The van der Waals surface area contributed by atoms with Crippen molar-refractivity contribution >= 4 is 17.8 Å². The van der Waals surface area contributed by atoms with Gasteiger partial charge in [0.05, 0.1) is 5.69 Å². The number of carboxylic acids is 2. The fraction of sp³-hybridized carbons (Fsp3) is 0.400. The second kappa shape index (κ2) is 5.80. The van der Waals surface area contributed by atoms with E-state index in [0.29, 0.717) is 5.69 Å². The monoisotopic (exact) mass is 256 g/mol. The van der Waals surface area contributed by atoms with Crippen molar-refractivity contribution < 1.29 is 29.1 Å². The summed E-state index contributed by atoms with van der Waals surface area (Å²) in [4.78, 5) is 32.7. The van der Waals surface area contributed by atoms with Gasteiger partial charge in [0.2, 0.25) is 5.76 Å². The predicted octanol–water partition coefficient (Wildman–Crippen LogP) is 0.0308. The number of carbonyl (C=O) groups is 3. The fourth-order valence-electron chi connectivity index (χ4n) is 1.23. The molecule has 1 amide bonds. The Kier molecular flexibility index (Phi) is 4.41. The maximum atomic E-state index is 11.6. The molecule has 3 N–H and O–H groups in total. The summed E-state index contributed by atoms with van der Waals surface area (Å²) in [5.74, 6) is -3.30. The van der Waals surface area contributed by atoms with Gasteiger partial charge in [0, 0.05) is 12.5 Å². The molecule has 8 nitrogen and oxygen atoms in total. The molecule has 0 bridgehead atoms. The molecule has 1 atom stereocenters. The van der Waals surface area contributed by atoms with Gasteiger partial charge in [-0.25, -0.2) is 4.79 Å².